The number of rotatable bonds is 6. The summed E-state index contributed by atoms with van der Waals surface area (Å²) in [4.78, 5) is 0.0174. The minimum atomic E-state index is -3.70. The van der Waals surface area contributed by atoms with Gasteiger partial charge in [0.15, 0.2) is 0 Å². The molecule has 7 nitrogen and oxygen atoms in total. The highest BCUT2D eigenvalue weighted by Crippen LogP contribution is 2.22. The third-order valence-corrected chi connectivity index (χ3v) is 5.21. The normalized spacial score (nSPS) is 12.5. The van der Waals surface area contributed by atoms with E-state index in [9.17, 15) is 16.8 Å². The lowest BCUT2D eigenvalue weighted by Crippen LogP contribution is -2.27. The van der Waals surface area contributed by atoms with Crippen molar-refractivity contribution in [3.8, 4) is 0 Å². The fourth-order valence-electron chi connectivity index (χ4n) is 1.25. The maximum Gasteiger partial charge on any atom is 0.240 e. The van der Waals surface area contributed by atoms with E-state index in [1.807, 2.05) is 0 Å². The second-order valence-electron chi connectivity index (χ2n) is 3.80. The molecule has 0 atom stereocenters. The third kappa shape index (κ3) is 5.45. The van der Waals surface area contributed by atoms with Crippen molar-refractivity contribution in [2.24, 2.45) is 5.14 Å². The Morgan fingerprint density at radius 1 is 1.21 bits per heavy atom. The quantitative estimate of drug-likeness (QED) is 0.477. The number of hydrogen-bond donors (Lipinski definition) is 3. The molecule has 0 aromatic heterocycles. The van der Waals surface area contributed by atoms with E-state index in [0.29, 0.717) is 10.2 Å². The topological polar surface area (TPSA) is 132 Å². The first-order valence-electron chi connectivity index (χ1n) is 5.17. The highest BCUT2D eigenvalue weighted by Gasteiger charge is 2.14. The molecule has 19 heavy (non-hydrogen) atoms. The Morgan fingerprint density at radius 2 is 1.84 bits per heavy atom. The van der Waals surface area contributed by atoms with Crippen LogP contribution < -0.4 is 15.6 Å². The van der Waals surface area contributed by atoms with E-state index >= 15 is 0 Å². The molecule has 0 spiro atoms. The van der Waals surface area contributed by atoms with Crippen molar-refractivity contribution >= 4 is 41.7 Å². The van der Waals surface area contributed by atoms with Crippen LogP contribution in [0.25, 0.3) is 0 Å². The Balaban J connectivity index is 2.68. The van der Waals surface area contributed by atoms with Gasteiger partial charge < -0.3 is 5.73 Å². The summed E-state index contributed by atoms with van der Waals surface area (Å²) in [5.41, 5.74) is 5.89. The minimum Gasteiger partial charge on any atom is -0.398 e. The van der Waals surface area contributed by atoms with Crippen molar-refractivity contribution in [3.05, 3.63) is 22.7 Å². The number of primary sulfonamides is 1. The van der Waals surface area contributed by atoms with Crippen molar-refractivity contribution in [1.82, 2.24) is 4.72 Å². The molecule has 1 aromatic carbocycles. The predicted octanol–water partition coefficient (Wildman–Crippen LogP) is -0.0118. The summed E-state index contributed by atoms with van der Waals surface area (Å²) in [7, 11) is -7.28. The van der Waals surface area contributed by atoms with Crippen LogP contribution in [0.2, 0.25) is 0 Å². The van der Waals surface area contributed by atoms with Crippen LogP contribution in [-0.2, 0) is 20.0 Å². The lowest BCUT2D eigenvalue weighted by Gasteiger charge is -2.07. The molecule has 0 bridgehead atoms. The van der Waals surface area contributed by atoms with Crippen molar-refractivity contribution in [2.75, 3.05) is 18.0 Å². The summed E-state index contributed by atoms with van der Waals surface area (Å²) in [6, 6.07) is 4.22. The molecule has 0 saturated heterocycles. The molecule has 0 unspecified atom stereocenters. The molecule has 1 aromatic rings. The molecule has 0 saturated carbocycles. The summed E-state index contributed by atoms with van der Waals surface area (Å²) < 4.78 is 48.0. The lowest BCUT2D eigenvalue weighted by atomic mass is 10.3. The molecule has 0 aliphatic rings. The molecule has 1 rings (SSSR count). The SMILES string of the molecule is Nc1cc(S(=O)(=O)NCCCS(N)(=O)=O)ccc1Br. The Morgan fingerprint density at radius 3 is 2.37 bits per heavy atom. The number of nitrogens with two attached hydrogens (primary N) is 2. The summed E-state index contributed by atoms with van der Waals surface area (Å²) in [6.45, 7) is -0.0191. The van der Waals surface area contributed by atoms with Gasteiger partial charge in [-0.15, -0.1) is 0 Å². The van der Waals surface area contributed by atoms with Gasteiger partial charge in [-0.25, -0.2) is 26.7 Å². The average Bonchev–Trinajstić information content (AvgIpc) is 2.27. The van der Waals surface area contributed by atoms with Crippen LogP contribution in [0.1, 0.15) is 6.42 Å². The van der Waals surface area contributed by atoms with Crippen LogP contribution >= 0.6 is 15.9 Å². The molecule has 0 heterocycles. The molecule has 0 aliphatic heterocycles. The van der Waals surface area contributed by atoms with Crippen LogP contribution in [0.15, 0.2) is 27.6 Å². The van der Waals surface area contributed by atoms with E-state index < -0.39 is 20.0 Å². The molecular weight excluding hydrogens is 358 g/mol. The second kappa shape index (κ2) is 6.18. The maximum atomic E-state index is 11.9. The Bertz CT molecular complexity index is 658. The first kappa shape index (κ1) is 16.4. The lowest BCUT2D eigenvalue weighted by molar-refractivity contribution is 0.576. The second-order valence-corrected chi connectivity index (χ2v) is 8.16. The average molecular weight is 372 g/mol. The van der Waals surface area contributed by atoms with Gasteiger partial charge in [-0.2, -0.15) is 0 Å². The van der Waals surface area contributed by atoms with Gasteiger partial charge in [0.05, 0.1) is 10.6 Å². The van der Waals surface area contributed by atoms with E-state index in [-0.39, 0.29) is 23.6 Å². The summed E-state index contributed by atoms with van der Waals surface area (Å²) in [5, 5.41) is 4.81. The molecule has 0 radical (unpaired) electrons. The van der Waals surface area contributed by atoms with E-state index in [0.717, 1.165) is 0 Å². The fourth-order valence-corrected chi connectivity index (χ4v) is 3.15. The van der Waals surface area contributed by atoms with Gasteiger partial charge in [0.25, 0.3) is 0 Å². The molecule has 0 fully saturated rings. The summed E-state index contributed by atoms with van der Waals surface area (Å²) in [5.74, 6) is -0.280. The molecular formula is C9H14BrN3O4S2. The first-order valence-corrected chi connectivity index (χ1v) is 9.16. The van der Waals surface area contributed by atoms with E-state index in [1.54, 1.807) is 0 Å². The molecule has 10 heteroatoms. The van der Waals surface area contributed by atoms with Gasteiger partial charge in [0.2, 0.25) is 20.0 Å². The van der Waals surface area contributed by atoms with Gasteiger partial charge in [-0.3, -0.25) is 0 Å². The van der Waals surface area contributed by atoms with Crippen molar-refractivity contribution in [3.63, 3.8) is 0 Å². The zero-order valence-corrected chi connectivity index (χ0v) is 13.1. The highest BCUT2D eigenvalue weighted by atomic mass is 79.9. The van der Waals surface area contributed by atoms with Crippen molar-refractivity contribution < 1.29 is 16.8 Å². The standard InChI is InChI=1S/C9H14BrN3O4S2/c10-8-3-2-7(6-9(8)11)19(16,17)13-4-1-5-18(12,14)15/h2-3,6,13H,1,4-5,11H2,(H2,12,14,15). The number of halogens is 1. The number of benzene rings is 1. The summed E-state index contributed by atoms with van der Waals surface area (Å²) >= 11 is 3.16. The molecule has 0 amide bonds. The van der Waals surface area contributed by atoms with Crippen LogP contribution in [0.3, 0.4) is 0 Å². The van der Waals surface area contributed by atoms with Crippen molar-refractivity contribution in [2.45, 2.75) is 11.3 Å². The van der Waals surface area contributed by atoms with Crippen molar-refractivity contribution in [1.29, 1.82) is 0 Å². The number of sulfonamides is 2. The summed E-state index contributed by atoms with van der Waals surface area (Å²) in [6.07, 6.45) is 0.101. The number of hydrogen-bond acceptors (Lipinski definition) is 5. The van der Waals surface area contributed by atoms with Crippen LogP contribution in [0.4, 0.5) is 5.69 Å². The number of nitrogens with one attached hydrogen (secondary N) is 1. The molecule has 0 aliphatic carbocycles. The Kier molecular flexibility index (Phi) is 5.33. The first-order chi connectivity index (χ1) is 8.62. The van der Waals surface area contributed by atoms with Crippen LogP contribution in [-0.4, -0.2) is 29.1 Å². The van der Waals surface area contributed by atoms with E-state index in [2.05, 4.69) is 20.7 Å². The van der Waals surface area contributed by atoms with Crippen LogP contribution in [0, 0.1) is 0 Å². The van der Waals surface area contributed by atoms with E-state index in [1.165, 1.54) is 18.2 Å². The smallest absolute Gasteiger partial charge is 0.240 e. The maximum absolute atomic E-state index is 11.9. The van der Waals surface area contributed by atoms with Crippen LogP contribution in [0.5, 0.6) is 0 Å². The number of nitrogen functional groups attached to an aromatic ring is 1. The highest BCUT2D eigenvalue weighted by molar-refractivity contribution is 9.10. The minimum absolute atomic E-state index is 0.0174. The number of anilines is 1. The van der Waals surface area contributed by atoms with Gasteiger partial charge in [-0.1, -0.05) is 0 Å². The zero-order valence-electron chi connectivity index (χ0n) is 9.84. The Hall–Kier alpha value is -0.680. The van der Waals surface area contributed by atoms with E-state index in [4.69, 9.17) is 10.9 Å². The molecule has 108 valence electrons. The zero-order chi connectivity index (χ0) is 14.7. The predicted molar refractivity (Wildman–Crippen MR) is 76.3 cm³/mol. The van der Waals surface area contributed by atoms with Gasteiger partial charge in [0.1, 0.15) is 0 Å². The molecule has 5 N–H and O–H groups in total. The van der Waals surface area contributed by atoms with Gasteiger partial charge in [0, 0.05) is 16.7 Å². The monoisotopic (exact) mass is 371 g/mol. The third-order valence-electron chi connectivity index (χ3n) is 2.18. The van der Waals surface area contributed by atoms with Gasteiger partial charge >= 0.3 is 0 Å². The van der Waals surface area contributed by atoms with Gasteiger partial charge in [-0.05, 0) is 40.5 Å². The Labute approximate surface area is 120 Å². The largest absolute Gasteiger partial charge is 0.398 e. The fraction of sp³-hybridized carbons (Fsp3) is 0.333.